The van der Waals surface area contributed by atoms with Crippen molar-refractivity contribution in [2.45, 2.75) is 24.2 Å². The number of carbonyl (C=O) groups is 2. The molecule has 1 aromatic rings. The van der Waals surface area contributed by atoms with Gasteiger partial charge in [-0.15, -0.1) is 11.8 Å². The van der Waals surface area contributed by atoms with Crippen molar-refractivity contribution in [1.29, 1.82) is 0 Å². The third-order valence-electron chi connectivity index (χ3n) is 3.58. The fourth-order valence-electron chi connectivity index (χ4n) is 2.56. The largest absolute Gasteiger partial charge is 0.481 e. The van der Waals surface area contributed by atoms with Gasteiger partial charge in [0.1, 0.15) is 0 Å². The molecule has 0 heterocycles. The van der Waals surface area contributed by atoms with Crippen LogP contribution in [0.2, 0.25) is 0 Å². The Bertz CT molecular complexity index is 463. The monoisotopic (exact) mass is 293 g/mol. The van der Waals surface area contributed by atoms with Gasteiger partial charge in [0, 0.05) is 17.2 Å². The normalized spacial score (nSPS) is 21.6. The molecule has 0 spiro atoms. The van der Waals surface area contributed by atoms with Gasteiger partial charge in [-0.2, -0.15) is 0 Å². The minimum absolute atomic E-state index is 0.108. The summed E-state index contributed by atoms with van der Waals surface area (Å²) in [6.45, 7) is 0.571. The maximum Gasteiger partial charge on any atom is 0.307 e. The van der Waals surface area contributed by atoms with Crippen molar-refractivity contribution in [3.8, 4) is 0 Å². The molecule has 2 N–H and O–H groups in total. The second-order valence-electron chi connectivity index (χ2n) is 4.93. The molecule has 0 unspecified atom stereocenters. The smallest absolute Gasteiger partial charge is 0.307 e. The van der Waals surface area contributed by atoms with Crippen LogP contribution in [0.4, 0.5) is 0 Å². The molecular formula is C15H19NO3S. The maximum atomic E-state index is 12.0. The Hall–Kier alpha value is -1.49. The highest BCUT2D eigenvalue weighted by Gasteiger charge is 2.37. The van der Waals surface area contributed by atoms with E-state index in [1.54, 1.807) is 11.8 Å². The van der Waals surface area contributed by atoms with Gasteiger partial charge in [0.25, 0.3) is 0 Å². The van der Waals surface area contributed by atoms with Gasteiger partial charge in [0.2, 0.25) is 5.91 Å². The quantitative estimate of drug-likeness (QED) is 0.624. The van der Waals surface area contributed by atoms with E-state index in [1.807, 2.05) is 30.3 Å². The highest BCUT2D eigenvalue weighted by Crippen LogP contribution is 2.32. The number of benzene rings is 1. The first kappa shape index (κ1) is 14.9. The molecular weight excluding hydrogens is 274 g/mol. The lowest BCUT2D eigenvalue weighted by molar-refractivity contribution is -0.146. The lowest BCUT2D eigenvalue weighted by Crippen LogP contribution is -2.36. The van der Waals surface area contributed by atoms with E-state index in [2.05, 4.69) is 5.32 Å². The molecule has 0 bridgehead atoms. The van der Waals surface area contributed by atoms with Crippen LogP contribution in [0.3, 0.4) is 0 Å². The van der Waals surface area contributed by atoms with Gasteiger partial charge in [-0.05, 0) is 25.0 Å². The lowest BCUT2D eigenvalue weighted by atomic mass is 9.95. The summed E-state index contributed by atoms with van der Waals surface area (Å²) in [5.41, 5.74) is 0. The number of carbonyl (C=O) groups excluding carboxylic acids is 1. The molecule has 0 saturated heterocycles. The van der Waals surface area contributed by atoms with Crippen LogP contribution < -0.4 is 5.32 Å². The summed E-state index contributed by atoms with van der Waals surface area (Å²) in [5, 5.41) is 11.9. The predicted molar refractivity (Wildman–Crippen MR) is 78.6 cm³/mol. The van der Waals surface area contributed by atoms with Crippen LogP contribution in [-0.2, 0) is 9.59 Å². The molecule has 1 aliphatic rings. The topological polar surface area (TPSA) is 66.4 Å². The number of amides is 1. The number of rotatable bonds is 6. The van der Waals surface area contributed by atoms with Crippen LogP contribution in [0.1, 0.15) is 19.3 Å². The maximum absolute atomic E-state index is 12.0. The zero-order valence-corrected chi connectivity index (χ0v) is 12.1. The number of thioether (sulfide) groups is 1. The highest BCUT2D eigenvalue weighted by molar-refractivity contribution is 7.99. The van der Waals surface area contributed by atoms with Crippen molar-refractivity contribution >= 4 is 23.6 Å². The van der Waals surface area contributed by atoms with E-state index in [0.29, 0.717) is 19.4 Å². The molecule has 1 saturated carbocycles. The van der Waals surface area contributed by atoms with Crippen molar-refractivity contribution in [3.63, 3.8) is 0 Å². The Kier molecular flexibility index (Phi) is 5.47. The molecule has 1 aromatic carbocycles. The molecule has 1 aliphatic carbocycles. The molecule has 2 atom stereocenters. The van der Waals surface area contributed by atoms with E-state index in [9.17, 15) is 9.59 Å². The van der Waals surface area contributed by atoms with Gasteiger partial charge in [-0.25, -0.2) is 0 Å². The summed E-state index contributed by atoms with van der Waals surface area (Å²) < 4.78 is 0. The SMILES string of the molecule is O=C(O)[C@H]1CCC[C@H]1C(=O)NCCSc1ccccc1. The van der Waals surface area contributed by atoms with Crippen molar-refractivity contribution < 1.29 is 14.7 Å². The molecule has 0 aliphatic heterocycles. The Labute approximate surface area is 123 Å². The summed E-state index contributed by atoms with van der Waals surface area (Å²) in [6.07, 6.45) is 2.13. The molecule has 1 amide bonds. The van der Waals surface area contributed by atoms with E-state index >= 15 is 0 Å². The molecule has 0 radical (unpaired) electrons. The second kappa shape index (κ2) is 7.33. The molecule has 4 nitrogen and oxygen atoms in total. The summed E-state index contributed by atoms with van der Waals surface area (Å²) in [5.74, 6) is -1.02. The van der Waals surface area contributed by atoms with Crippen LogP contribution in [0.15, 0.2) is 35.2 Å². The third-order valence-corrected chi connectivity index (χ3v) is 4.60. The fourth-order valence-corrected chi connectivity index (χ4v) is 3.35. The van der Waals surface area contributed by atoms with Crippen LogP contribution in [0.5, 0.6) is 0 Å². The molecule has 2 rings (SSSR count). The Morgan fingerprint density at radius 3 is 2.60 bits per heavy atom. The van der Waals surface area contributed by atoms with Gasteiger partial charge in [0.05, 0.1) is 11.8 Å². The summed E-state index contributed by atoms with van der Waals surface area (Å²) in [4.78, 5) is 24.2. The van der Waals surface area contributed by atoms with E-state index in [-0.39, 0.29) is 11.8 Å². The van der Waals surface area contributed by atoms with Crippen molar-refractivity contribution in [2.75, 3.05) is 12.3 Å². The van der Waals surface area contributed by atoms with E-state index in [1.165, 1.54) is 4.90 Å². The van der Waals surface area contributed by atoms with Crippen molar-refractivity contribution in [1.82, 2.24) is 5.32 Å². The van der Waals surface area contributed by atoms with Crippen LogP contribution in [0.25, 0.3) is 0 Å². The van der Waals surface area contributed by atoms with Gasteiger partial charge >= 0.3 is 5.97 Å². The summed E-state index contributed by atoms with van der Waals surface area (Å²) >= 11 is 1.68. The Morgan fingerprint density at radius 1 is 1.20 bits per heavy atom. The third kappa shape index (κ3) is 4.00. The molecule has 1 fully saturated rings. The van der Waals surface area contributed by atoms with E-state index in [0.717, 1.165) is 12.2 Å². The first-order valence-electron chi connectivity index (χ1n) is 6.87. The van der Waals surface area contributed by atoms with Crippen LogP contribution in [0, 0.1) is 11.8 Å². The van der Waals surface area contributed by atoms with Gasteiger partial charge in [0.15, 0.2) is 0 Å². The van der Waals surface area contributed by atoms with Crippen LogP contribution >= 0.6 is 11.8 Å². The van der Waals surface area contributed by atoms with E-state index in [4.69, 9.17) is 5.11 Å². The van der Waals surface area contributed by atoms with Crippen molar-refractivity contribution in [2.24, 2.45) is 11.8 Å². The average Bonchev–Trinajstić information content (AvgIpc) is 2.94. The first-order valence-corrected chi connectivity index (χ1v) is 7.85. The molecule has 5 heteroatoms. The van der Waals surface area contributed by atoms with Crippen molar-refractivity contribution in [3.05, 3.63) is 30.3 Å². The number of carboxylic acids is 1. The van der Waals surface area contributed by atoms with Gasteiger partial charge in [-0.3, -0.25) is 9.59 Å². The fraction of sp³-hybridized carbons (Fsp3) is 0.467. The van der Waals surface area contributed by atoms with Gasteiger partial charge < -0.3 is 10.4 Å². The zero-order valence-electron chi connectivity index (χ0n) is 11.2. The highest BCUT2D eigenvalue weighted by atomic mass is 32.2. The number of hydrogen-bond acceptors (Lipinski definition) is 3. The number of aliphatic carboxylic acids is 1. The summed E-state index contributed by atoms with van der Waals surface area (Å²) in [7, 11) is 0. The molecule has 0 aromatic heterocycles. The van der Waals surface area contributed by atoms with Crippen LogP contribution in [-0.4, -0.2) is 29.3 Å². The zero-order chi connectivity index (χ0) is 14.4. The number of nitrogens with one attached hydrogen (secondary N) is 1. The first-order chi connectivity index (χ1) is 9.68. The number of carboxylic acid groups (broad SMARTS) is 1. The second-order valence-corrected chi connectivity index (χ2v) is 6.10. The van der Waals surface area contributed by atoms with Gasteiger partial charge in [-0.1, -0.05) is 24.6 Å². The molecule has 108 valence electrons. The van der Waals surface area contributed by atoms with E-state index < -0.39 is 11.9 Å². The minimum Gasteiger partial charge on any atom is -0.481 e. The Balaban J connectivity index is 1.71. The standard InChI is InChI=1S/C15H19NO3S/c17-14(12-7-4-8-13(12)15(18)19)16-9-10-20-11-5-2-1-3-6-11/h1-3,5-6,12-13H,4,7-10H2,(H,16,17)(H,18,19)/t12-,13+/m1/s1. The average molecular weight is 293 g/mol. The lowest BCUT2D eigenvalue weighted by Gasteiger charge is -2.15. The Morgan fingerprint density at radius 2 is 1.90 bits per heavy atom. The predicted octanol–water partition coefficient (Wildman–Crippen LogP) is 2.40. The summed E-state index contributed by atoms with van der Waals surface area (Å²) in [6, 6.07) is 10.00. The minimum atomic E-state index is -0.846. The number of hydrogen-bond donors (Lipinski definition) is 2. The molecule has 20 heavy (non-hydrogen) atoms.